The van der Waals surface area contributed by atoms with E-state index in [2.05, 4.69) is 4.98 Å². The average molecular weight is 320 g/mol. The number of aromatic nitrogens is 1. The molecule has 0 saturated heterocycles. The minimum Gasteiger partial charge on any atom is -0.493 e. The van der Waals surface area contributed by atoms with Gasteiger partial charge < -0.3 is 4.74 Å². The van der Waals surface area contributed by atoms with Gasteiger partial charge in [0, 0.05) is 17.0 Å². The van der Waals surface area contributed by atoms with Gasteiger partial charge in [0.25, 0.3) is 5.69 Å². The summed E-state index contributed by atoms with van der Waals surface area (Å²) < 4.78 is 5.59. The van der Waals surface area contributed by atoms with Crippen LogP contribution in [-0.2, 0) is 0 Å². The third-order valence-corrected chi connectivity index (χ3v) is 3.57. The molecular formula is C19H16N2O3. The van der Waals surface area contributed by atoms with Gasteiger partial charge >= 0.3 is 0 Å². The van der Waals surface area contributed by atoms with Crippen molar-refractivity contribution < 1.29 is 9.66 Å². The average Bonchev–Trinajstić information content (AvgIpc) is 2.60. The predicted molar refractivity (Wildman–Crippen MR) is 94.9 cm³/mol. The molecule has 0 aliphatic rings. The molecule has 0 N–H and O–H groups in total. The Balaban J connectivity index is 1.99. The van der Waals surface area contributed by atoms with E-state index in [1.807, 2.05) is 61.5 Å². The Bertz CT molecular complexity index is 919. The van der Waals surface area contributed by atoms with Crippen LogP contribution in [0.2, 0.25) is 0 Å². The summed E-state index contributed by atoms with van der Waals surface area (Å²) >= 11 is 0. The third kappa shape index (κ3) is 3.25. The van der Waals surface area contributed by atoms with Crippen LogP contribution < -0.4 is 4.74 Å². The fraction of sp³-hybridized carbons (Fsp3) is 0.105. The number of rotatable bonds is 5. The highest BCUT2D eigenvalue weighted by atomic mass is 16.6. The van der Waals surface area contributed by atoms with Gasteiger partial charge in [-0.15, -0.1) is 0 Å². The Hall–Kier alpha value is -3.21. The molecule has 0 spiro atoms. The Morgan fingerprint density at radius 1 is 1.08 bits per heavy atom. The van der Waals surface area contributed by atoms with E-state index in [0.29, 0.717) is 17.8 Å². The van der Waals surface area contributed by atoms with Crippen molar-refractivity contribution in [2.45, 2.75) is 6.92 Å². The molecule has 2 aromatic carbocycles. The van der Waals surface area contributed by atoms with Crippen LogP contribution in [0.25, 0.3) is 23.1 Å². The molecule has 1 heterocycles. The van der Waals surface area contributed by atoms with E-state index in [9.17, 15) is 10.1 Å². The summed E-state index contributed by atoms with van der Waals surface area (Å²) in [7, 11) is 0. The summed E-state index contributed by atoms with van der Waals surface area (Å²) in [4.78, 5) is 15.2. The molecule has 0 aliphatic heterocycles. The first-order valence-corrected chi connectivity index (χ1v) is 7.63. The Kier molecular flexibility index (Phi) is 4.52. The number of fused-ring (bicyclic) bond motifs is 1. The number of benzene rings is 2. The van der Waals surface area contributed by atoms with Gasteiger partial charge in [-0.3, -0.25) is 10.1 Å². The molecular weight excluding hydrogens is 304 g/mol. The first kappa shape index (κ1) is 15.7. The summed E-state index contributed by atoms with van der Waals surface area (Å²) in [6.07, 6.45) is 3.72. The fourth-order valence-corrected chi connectivity index (χ4v) is 2.47. The van der Waals surface area contributed by atoms with E-state index in [1.54, 1.807) is 6.07 Å². The van der Waals surface area contributed by atoms with Crippen LogP contribution in [0, 0.1) is 10.1 Å². The second-order valence-corrected chi connectivity index (χ2v) is 5.15. The summed E-state index contributed by atoms with van der Waals surface area (Å²) in [6.45, 7) is 2.52. The summed E-state index contributed by atoms with van der Waals surface area (Å²) in [6, 6.07) is 16.3. The van der Waals surface area contributed by atoms with Gasteiger partial charge in [-0.2, -0.15) is 0 Å². The molecule has 0 bridgehead atoms. The highest BCUT2D eigenvalue weighted by Crippen LogP contribution is 2.25. The largest absolute Gasteiger partial charge is 0.493 e. The molecule has 24 heavy (non-hydrogen) atoms. The van der Waals surface area contributed by atoms with E-state index in [-0.39, 0.29) is 5.69 Å². The maximum Gasteiger partial charge on any atom is 0.295 e. The summed E-state index contributed by atoms with van der Waals surface area (Å²) in [5.41, 5.74) is 1.99. The molecule has 0 amide bonds. The smallest absolute Gasteiger partial charge is 0.295 e. The van der Waals surface area contributed by atoms with Gasteiger partial charge in [-0.1, -0.05) is 36.4 Å². The molecule has 0 aliphatic carbocycles. The Morgan fingerprint density at radius 2 is 1.92 bits per heavy atom. The number of nitro benzene ring substituents is 1. The lowest BCUT2D eigenvalue weighted by Gasteiger charge is -2.06. The lowest BCUT2D eigenvalue weighted by atomic mass is 10.1. The molecule has 0 atom stereocenters. The van der Waals surface area contributed by atoms with Crippen LogP contribution in [0.5, 0.6) is 5.75 Å². The molecule has 1 aromatic heterocycles. The second-order valence-electron chi connectivity index (χ2n) is 5.15. The van der Waals surface area contributed by atoms with Crippen molar-refractivity contribution in [1.29, 1.82) is 0 Å². The monoisotopic (exact) mass is 320 g/mol. The number of hydrogen-bond acceptors (Lipinski definition) is 4. The number of hydrogen-bond donors (Lipinski definition) is 0. The van der Waals surface area contributed by atoms with Crippen molar-refractivity contribution in [2.75, 3.05) is 6.61 Å². The molecule has 3 rings (SSSR count). The highest BCUT2D eigenvalue weighted by molar-refractivity contribution is 5.88. The van der Waals surface area contributed by atoms with Gasteiger partial charge in [-0.25, -0.2) is 4.98 Å². The van der Waals surface area contributed by atoms with E-state index < -0.39 is 4.92 Å². The summed E-state index contributed by atoms with van der Waals surface area (Å²) in [5.74, 6) is 0.794. The van der Waals surface area contributed by atoms with Crippen molar-refractivity contribution in [2.24, 2.45) is 0 Å². The lowest BCUT2D eigenvalue weighted by molar-refractivity contribution is -0.383. The number of nitro groups is 1. The molecule has 0 fully saturated rings. The van der Waals surface area contributed by atoms with Crippen LogP contribution in [0.15, 0.2) is 54.6 Å². The van der Waals surface area contributed by atoms with Crippen LogP contribution in [0.4, 0.5) is 5.69 Å². The first-order valence-electron chi connectivity index (χ1n) is 7.63. The maximum absolute atomic E-state index is 11.2. The van der Waals surface area contributed by atoms with Gasteiger partial charge in [-0.05, 0) is 31.2 Å². The molecule has 0 saturated carbocycles. The van der Waals surface area contributed by atoms with E-state index in [0.717, 1.165) is 16.7 Å². The first-order chi connectivity index (χ1) is 11.7. The van der Waals surface area contributed by atoms with Crippen molar-refractivity contribution >= 4 is 28.7 Å². The van der Waals surface area contributed by atoms with E-state index >= 15 is 0 Å². The molecule has 5 heteroatoms. The van der Waals surface area contributed by atoms with Gasteiger partial charge in [0.05, 0.1) is 17.2 Å². The number of nitrogens with zero attached hydrogens (tertiary/aromatic N) is 2. The minimum absolute atomic E-state index is 0.0115. The number of non-ortho nitro benzene ring substituents is 1. The SMILES string of the molecule is CCOc1ccccc1C=Cc1ccc2cccc([N+](=O)[O-])c2n1. The molecule has 0 radical (unpaired) electrons. The minimum atomic E-state index is -0.410. The zero-order valence-electron chi connectivity index (χ0n) is 13.2. The summed E-state index contributed by atoms with van der Waals surface area (Å²) in [5, 5.41) is 11.9. The molecule has 5 nitrogen and oxygen atoms in total. The maximum atomic E-state index is 11.2. The number of ether oxygens (including phenoxy) is 1. The fourth-order valence-electron chi connectivity index (χ4n) is 2.47. The van der Waals surface area contributed by atoms with Crippen LogP contribution >= 0.6 is 0 Å². The van der Waals surface area contributed by atoms with Gasteiger partial charge in [0.15, 0.2) is 0 Å². The van der Waals surface area contributed by atoms with Crippen molar-refractivity contribution in [3.05, 3.63) is 76.0 Å². The predicted octanol–water partition coefficient (Wildman–Crippen LogP) is 4.71. The van der Waals surface area contributed by atoms with Crippen molar-refractivity contribution in [3.63, 3.8) is 0 Å². The third-order valence-electron chi connectivity index (χ3n) is 3.57. The van der Waals surface area contributed by atoms with Crippen molar-refractivity contribution in [1.82, 2.24) is 4.98 Å². The van der Waals surface area contributed by atoms with Crippen molar-refractivity contribution in [3.8, 4) is 5.75 Å². The highest BCUT2D eigenvalue weighted by Gasteiger charge is 2.12. The van der Waals surface area contributed by atoms with E-state index in [4.69, 9.17) is 4.74 Å². The Morgan fingerprint density at radius 3 is 2.71 bits per heavy atom. The topological polar surface area (TPSA) is 65.3 Å². The van der Waals surface area contributed by atoms with Crippen LogP contribution in [-0.4, -0.2) is 16.5 Å². The zero-order chi connectivity index (χ0) is 16.9. The normalized spacial score (nSPS) is 11.0. The van der Waals surface area contributed by atoms with Gasteiger partial charge in [0.2, 0.25) is 0 Å². The number of para-hydroxylation sites is 2. The van der Waals surface area contributed by atoms with Gasteiger partial charge in [0.1, 0.15) is 11.3 Å². The standard InChI is InChI=1S/C19H16N2O3/c1-2-24-18-9-4-3-6-14(18)10-12-16-13-11-15-7-5-8-17(21(22)23)19(15)20-16/h3-13H,2H2,1H3. The zero-order valence-corrected chi connectivity index (χ0v) is 13.2. The van der Waals surface area contributed by atoms with E-state index in [1.165, 1.54) is 6.07 Å². The quantitative estimate of drug-likeness (QED) is 0.504. The molecule has 120 valence electrons. The van der Waals surface area contributed by atoms with Crippen LogP contribution in [0.1, 0.15) is 18.2 Å². The molecule has 0 unspecified atom stereocenters. The second kappa shape index (κ2) is 6.91. The number of pyridine rings is 1. The Labute approximate surface area is 139 Å². The molecule has 3 aromatic rings. The lowest BCUT2D eigenvalue weighted by Crippen LogP contribution is -1.93. The van der Waals surface area contributed by atoms with Crippen LogP contribution in [0.3, 0.4) is 0 Å².